The van der Waals surface area contributed by atoms with Gasteiger partial charge in [-0.25, -0.2) is 9.59 Å². The van der Waals surface area contributed by atoms with E-state index in [-0.39, 0.29) is 30.9 Å². The van der Waals surface area contributed by atoms with Gasteiger partial charge in [0.25, 0.3) is 5.69 Å². The zero-order valence-electron chi connectivity index (χ0n) is 19.8. The van der Waals surface area contributed by atoms with Crippen LogP contribution in [0.3, 0.4) is 0 Å². The molecule has 1 fully saturated rings. The number of benzene rings is 2. The van der Waals surface area contributed by atoms with Gasteiger partial charge >= 0.3 is 18.1 Å². The Bertz CT molecular complexity index is 1120. The maximum absolute atomic E-state index is 12.0. The van der Waals surface area contributed by atoms with Crippen LogP contribution >= 0.6 is 0 Å². The Morgan fingerprint density at radius 1 is 1.11 bits per heavy atom. The number of carbonyl (C=O) groups is 3. The van der Waals surface area contributed by atoms with Crippen molar-refractivity contribution in [2.24, 2.45) is 0 Å². The lowest BCUT2D eigenvalue weighted by Crippen LogP contribution is -2.44. The van der Waals surface area contributed by atoms with Crippen molar-refractivity contribution < 1.29 is 47.7 Å². The van der Waals surface area contributed by atoms with Gasteiger partial charge in [0.1, 0.15) is 24.2 Å². The number of nitro groups is 1. The third-order valence-corrected chi connectivity index (χ3v) is 5.15. The average Bonchev–Trinajstić information content (AvgIpc) is 2.83. The summed E-state index contributed by atoms with van der Waals surface area (Å²) in [5, 5.41) is 10.7. The summed E-state index contributed by atoms with van der Waals surface area (Å²) in [6, 6.07) is 10.1. The van der Waals surface area contributed by atoms with Gasteiger partial charge in [0.05, 0.1) is 12.0 Å². The molecule has 192 valence electrons. The lowest BCUT2D eigenvalue weighted by Gasteiger charge is -2.33. The second kappa shape index (κ2) is 12.0. The average molecular weight is 503 g/mol. The number of ether oxygens (including phenoxy) is 6. The van der Waals surface area contributed by atoms with Crippen LogP contribution in [0.2, 0.25) is 0 Å². The van der Waals surface area contributed by atoms with Gasteiger partial charge in [-0.15, -0.1) is 0 Å². The first-order chi connectivity index (χ1) is 17.1. The normalized spacial score (nSPS) is 19.0. The van der Waals surface area contributed by atoms with Gasteiger partial charge in [-0.05, 0) is 42.3 Å². The molecule has 0 spiro atoms. The summed E-state index contributed by atoms with van der Waals surface area (Å²) in [5.41, 5.74) is 1.22. The van der Waals surface area contributed by atoms with Crippen LogP contribution in [0.25, 0.3) is 0 Å². The minimum Gasteiger partial charge on any atom is -0.467 e. The molecule has 0 saturated carbocycles. The molecule has 0 radical (unpaired) electrons. The zero-order chi connectivity index (χ0) is 26.2. The molecule has 36 heavy (non-hydrogen) atoms. The molecule has 12 nitrogen and oxygen atoms in total. The summed E-state index contributed by atoms with van der Waals surface area (Å²) in [6.07, 6.45) is -2.94. The first-order valence-electron chi connectivity index (χ1n) is 10.9. The van der Waals surface area contributed by atoms with Crippen molar-refractivity contribution in [1.82, 2.24) is 0 Å². The number of methoxy groups -OCH3 is 1. The van der Waals surface area contributed by atoms with E-state index in [1.807, 2.05) is 0 Å². The van der Waals surface area contributed by atoms with Gasteiger partial charge in [-0.1, -0.05) is 6.07 Å². The van der Waals surface area contributed by atoms with Crippen LogP contribution < -0.4 is 9.47 Å². The van der Waals surface area contributed by atoms with E-state index in [1.165, 1.54) is 38.3 Å². The van der Waals surface area contributed by atoms with Gasteiger partial charge in [-0.2, -0.15) is 0 Å². The van der Waals surface area contributed by atoms with Crippen molar-refractivity contribution in [2.45, 2.75) is 51.8 Å². The van der Waals surface area contributed by atoms with E-state index in [0.717, 1.165) is 0 Å². The largest absolute Gasteiger partial charge is 0.514 e. The molecule has 2 aromatic carbocycles. The standard InChI is InChI=1S/C24H25NO11/c1-14-10-16(13-32-24(28)34-18-7-5-17(6-8-18)25(29)30)4-9-20(14)35-22-12-19(33-15(2)26)11-21(36-22)23(27)31-3/h4-10,19,21-22H,11-13H2,1-3H3. The summed E-state index contributed by atoms with van der Waals surface area (Å²) in [5.74, 6) is -0.498. The summed E-state index contributed by atoms with van der Waals surface area (Å²) >= 11 is 0. The number of carbonyl (C=O) groups excluding carboxylic acids is 3. The van der Waals surface area contributed by atoms with Gasteiger partial charge < -0.3 is 28.4 Å². The molecule has 1 aliphatic heterocycles. The number of non-ortho nitro benzene ring substituents is 1. The molecule has 12 heteroatoms. The van der Waals surface area contributed by atoms with Crippen molar-refractivity contribution in [1.29, 1.82) is 0 Å². The first kappa shape index (κ1) is 26.4. The maximum Gasteiger partial charge on any atom is 0.514 e. The molecule has 0 N–H and O–H groups in total. The fraction of sp³-hybridized carbons (Fsp3) is 0.375. The van der Waals surface area contributed by atoms with Crippen LogP contribution in [0.15, 0.2) is 42.5 Å². The Morgan fingerprint density at radius 3 is 2.44 bits per heavy atom. The molecule has 3 unspecified atom stereocenters. The lowest BCUT2D eigenvalue weighted by molar-refractivity contribution is -0.384. The van der Waals surface area contributed by atoms with E-state index in [2.05, 4.69) is 0 Å². The Balaban J connectivity index is 1.56. The van der Waals surface area contributed by atoms with E-state index in [9.17, 15) is 24.5 Å². The van der Waals surface area contributed by atoms with E-state index >= 15 is 0 Å². The van der Waals surface area contributed by atoms with E-state index in [0.29, 0.717) is 16.9 Å². The summed E-state index contributed by atoms with van der Waals surface area (Å²) in [6.45, 7) is 2.97. The molecule has 1 aliphatic rings. The highest BCUT2D eigenvalue weighted by Crippen LogP contribution is 2.28. The predicted molar refractivity (Wildman–Crippen MR) is 121 cm³/mol. The molecular formula is C24H25NO11. The molecule has 0 aliphatic carbocycles. The molecule has 2 aromatic rings. The van der Waals surface area contributed by atoms with Crippen molar-refractivity contribution in [3.05, 3.63) is 63.7 Å². The third kappa shape index (κ3) is 7.40. The highest BCUT2D eigenvalue weighted by Gasteiger charge is 2.37. The summed E-state index contributed by atoms with van der Waals surface area (Å²) in [4.78, 5) is 45.4. The Labute approximate surface area is 206 Å². The lowest BCUT2D eigenvalue weighted by atomic mass is 10.0. The molecule has 1 saturated heterocycles. The number of rotatable bonds is 8. The minimum absolute atomic E-state index is 0.0915. The SMILES string of the molecule is COC(=O)C1CC(OC(C)=O)CC(Oc2ccc(COC(=O)Oc3ccc([N+](=O)[O-])cc3)cc2C)O1. The summed E-state index contributed by atoms with van der Waals surface area (Å²) < 4.78 is 31.7. The molecule has 0 amide bonds. The van der Waals surface area contributed by atoms with Crippen molar-refractivity contribution in [3.8, 4) is 11.5 Å². The van der Waals surface area contributed by atoms with Crippen LogP contribution in [0.5, 0.6) is 11.5 Å². The van der Waals surface area contributed by atoms with Gasteiger partial charge in [-0.3, -0.25) is 14.9 Å². The predicted octanol–water partition coefficient (Wildman–Crippen LogP) is 3.61. The second-order valence-corrected chi connectivity index (χ2v) is 7.89. The van der Waals surface area contributed by atoms with Crippen molar-refractivity contribution in [3.63, 3.8) is 0 Å². The molecule has 0 aromatic heterocycles. The monoisotopic (exact) mass is 503 g/mol. The molecule has 1 heterocycles. The fourth-order valence-electron chi connectivity index (χ4n) is 3.51. The number of nitro benzene ring substituents is 1. The van der Waals surface area contributed by atoms with Crippen molar-refractivity contribution in [2.75, 3.05) is 7.11 Å². The number of hydrogen-bond acceptors (Lipinski definition) is 11. The fourth-order valence-corrected chi connectivity index (χ4v) is 3.51. The zero-order valence-corrected chi connectivity index (χ0v) is 19.8. The molecule has 3 rings (SSSR count). The van der Waals surface area contributed by atoms with Gasteiger partial charge in [0.2, 0.25) is 6.29 Å². The smallest absolute Gasteiger partial charge is 0.467 e. The maximum atomic E-state index is 12.0. The topological polar surface area (TPSA) is 150 Å². The number of hydrogen-bond donors (Lipinski definition) is 0. The number of esters is 2. The van der Waals surface area contributed by atoms with Gasteiger partial charge in [0.15, 0.2) is 6.10 Å². The molecule has 3 atom stereocenters. The number of nitrogens with zero attached hydrogens (tertiary/aromatic N) is 1. The quantitative estimate of drug-likeness (QED) is 0.171. The van der Waals surface area contributed by atoms with Crippen LogP contribution in [-0.2, 0) is 35.1 Å². The molecular weight excluding hydrogens is 478 g/mol. The van der Waals surface area contributed by atoms with Crippen LogP contribution in [0, 0.1) is 17.0 Å². The molecule has 0 bridgehead atoms. The van der Waals surface area contributed by atoms with Crippen LogP contribution in [0.1, 0.15) is 30.9 Å². The number of aryl methyl sites for hydroxylation is 1. The van der Waals surface area contributed by atoms with Gasteiger partial charge in [0, 0.05) is 31.9 Å². The highest BCUT2D eigenvalue weighted by atomic mass is 16.7. The Kier molecular flexibility index (Phi) is 8.79. The summed E-state index contributed by atoms with van der Waals surface area (Å²) in [7, 11) is 1.24. The first-order valence-corrected chi connectivity index (χ1v) is 10.9. The van der Waals surface area contributed by atoms with Crippen LogP contribution in [-0.4, -0.2) is 48.6 Å². The van der Waals surface area contributed by atoms with E-state index in [1.54, 1.807) is 25.1 Å². The van der Waals surface area contributed by atoms with E-state index < -0.39 is 41.5 Å². The Morgan fingerprint density at radius 2 is 1.83 bits per heavy atom. The Hall–Kier alpha value is -4.19. The van der Waals surface area contributed by atoms with Crippen LogP contribution in [0.4, 0.5) is 10.5 Å². The van der Waals surface area contributed by atoms with E-state index in [4.69, 9.17) is 28.4 Å². The second-order valence-electron chi connectivity index (χ2n) is 7.89. The third-order valence-electron chi connectivity index (χ3n) is 5.15. The highest BCUT2D eigenvalue weighted by molar-refractivity contribution is 5.75. The minimum atomic E-state index is -0.970. The van der Waals surface area contributed by atoms with Crippen molar-refractivity contribution >= 4 is 23.8 Å².